The van der Waals surface area contributed by atoms with Gasteiger partial charge in [0.15, 0.2) is 0 Å². The Labute approximate surface area is 174 Å². The lowest BCUT2D eigenvalue weighted by molar-refractivity contribution is 0.0946. The number of hydrogen-bond acceptors (Lipinski definition) is 6. The van der Waals surface area contributed by atoms with E-state index in [9.17, 15) is 4.79 Å². The van der Waals surface area contributed by atoms with Crippen LogP contribution in [0.2, 0.25) is 0 Å². The minimum absolute atomic E-state index is 0.196. The highest BCUT2D eigenvalue weighted by molar-refractivity contribution is 7.13. The number of hydrogen-bond donors (Lipinski definition) is 1. The van der Waals surface area contributed by atoms with E-state index in [0.717, 1.165) is 27.6 Å². The van der Waals surface area contributed by atoms with E-state index >= 15 is 0 Å². The monoisotopic (exact) mass is 412 g/mol. The molecule has 0 fully saturated rings. The lowest BCUT2D eigenvalue weighted by Crippen LogP contribution is -2.23. The number of amides is 1. The van der Waals surface area contributed by atoms with Gasteiger partial charge in [0.25, 0.3) is 5.91 Å². The first-order chi connectivity index (χ1) is 14.2. The minimum atomic E-state index is -0.196. The summed E-state index contributed by atoms with van der Waals surface area (Å²) >= 11 is 1.44. The molecule has 0 radical (unpaired) electrons. The van der Waals surface area contributed by atoms with Crippen molar-refractivity contribution in [2.45, 2.75) is 13.5 Å². The van der Waals surface area contributed by atoms with Crippen LogP contribution in [0.25, 0.3) is 10.6 Å². The number of nitrogens with zero attached hydrogens (tertiary/aromatic N) is 1. The molecule has 7 heteroatoms. The largest absolute Gasteiger partial charge is 0.494 e. The lowest BCUT2D eigenvalue weighted by atomic mass is 10.2. The Morgan fingerprint density at radius 3 is 2.38 bits per heavy atom. The molecule has 3 aromatic rings. The second kappa shape index (κ2) is 10.6. The summed E-state index contributed by atoms with van der Waals surface area (Å²) in [6.45, 7) is 4.06. The summed E-state index contributed by atoms with van der Waals surface area (Å²) in [5, 5.41) is 5.48. The number of rotatable bonds is 10. The Hall–Kier alpha value is -2.90. The van der Waals surface area contributed by atoms with Gasteiger partial charge in [0.1, 0.15) is 28.8 Å². The number of ether oxygens (including phenoxy) is 3. The van der Waals surface area contributed by atoms with Crippen LogP contribution in [0, 0.1) is 0 Å². The summed E-state index contributed by atoms with van der Waals surface area (Å²) in [6, 6.07) is 15.3. The molecule has 0 spiro atoms. The van der Waals surface area contributed by atoms with Crippen molar-refractivity contribution in [3.05, 3.63) is 65.2 Å². The molecule has 0 unspecified atom stereocenters. The molecular weight excluding hydrogens is 388 g/mol. The Balaban J connectivity index is 1.53. The van der Waals surface area contributed by atoms with Crippen LogP contribution in [0.3, 0.4) is 0 Å². The van der Waals surface area contributed by atoms with Crippen molar-refractivity contribution in [3.8, 4) is 22.1 Å². The number of benzene rings is 2. The van der Waals surface area contributed by atoms with Crippen molar-refractivity contribution >= 4 is 17.2 Å². The van der Waals surface area contributed by atoms with E-state index in [-0.39, 0.29) is 5.91 Å². The summed E-state index contributed by atoms with van der Waals surface area (Å²) < 4.78 is 15.9. The van der Waals surface area contributed by atoms with E-state index < -0.39 is 0 Å². The molecule has 29 heavy (non-hydrogen) atoms. The molecule has 0 atom stereocenters. The van der Waals surface area contributed by atoms with Gasteiger partial charge in [0.2, 0.25) is 0 Å². The zero-order valence-electron chi connectivity index (χ0n) is 16.5. The normalized spacial score (nSPS) is 10.6. The van der Waals surface area contributed by atoms with Crippen LogP contribution in [-0.2, 0) is 11.3 Å². The van der Waals surface area contributed by atoms with Gasteiger partial charge in [-0.3, -0.25) is 4.79 Å². The molecule has 1 aromatic heterocycles. The van der Waals surface area contributed by atoms with Crippen molar-refractivity contribution in [3.63, 3.8) is 0 Å². The lowest BCUT2D eigenvalue weighted by Gasteiger charge is -2.07. The molecule has 0 aliphatic heterocycles. The molecule has 6 nitrogen and oxygen atoms in total. The van der Waals surface area contributed by atoms with Crippen LogP contribution in [0.1, 0.15) is 23.0 Å². The highest BCUT2D eigenvalue weighted by Crippen LogP contribution is 2.25. The molecule has 2 aromatic carbocycles. The fourth-order valence-electron chi connectivity index (χ4n) is 2.59. The van der Waals surface area contributed by atoms with Gasteiger partial charge in [-0.15, -0.1) is 11.3 Å². The molecule has 0 aliphatic rings. The first kappa shape index (κ1) is 20.8. The Bertz CT molecular complexity index is 907. The van der Waals surface area contributed by atoms with Crippen molar-refractivity contribution in [1.29, 1.82) is 0 Å². The molecular formula is C22H24N2O4S. The van der Waals surface area contributed by atoms with E-state index in [1.807, 2.05) is 55.5 Å². The maximum atomic E-state index is 12.4. The Morgan fingerprint density at radius 1 is 1.00 bits per heavy atom. The molecule has 1 amide bonds. The fraction of sp³-hybridized carbons (Fsp3) is 0.273. The molecule has 1 N–H and O–H groups in total. The van der Waals surface area contributed by atoms with Gasteiger partial charge in [-0.25, -0.2) is 4.98 Å². The van der Waals surface area contributed by atoms with Crippen LogP contribution >= 0.6 is 11.3 Å². The second-order valence-corrected chi connectivity index (χ2v) is 7.02. The molecule has 0 bridgehead atoms. The topological polar surface area (TPSA) is 69.7 Å². The number of thiazole rings is 1. The minimum Gasteiger partial charge on any atom is -0.494 e. The van der Waals surface area contributed by atoms with Crippen molar-refractivity contribution in [1.82, 2.24) is 10.3 Å². The van der Waals surface area contributed by atoms with Crippen molar-refractivity contribution in [2.75, 3.05) is 26.9 Å². The van der Waals surface area contributed by atoms with Crippen LogP contribution in [0.5, 0.6) is 11.5 Å². The molecule has 0 saturated carbocycles. The van der Waals surface area contributed by atoms with E-state index in [4.69, 9.17) is 14.2 Å². The first-order valence-corrected chi connectivity index (χ1v) is 10.2. The summed E-state index contributed by atoms with van der Waals surface area (Å²) in [6.07, 6.45) is 0. The zero-order valence-corrected chi connectivity index (χ0v) is 17.3. The third kappa shape index (κ3) is 6.04. The van der Waals surface area contributed by atoms with E-state index in [2.05, 4.69) is 10.3 Å². The van der Waals surface area contributed by atoms with Gasteiger partial charge in [-0.05, 0) is 48.9 Å². The maximum absolute atomic E-state index is 12.4. The zero-order chi connectivity index (χ0) is 20.5. The predicted octanol–water partition coefficient (Wildman–Crippen LogP) is 4.16. The molecule has 1 heterocycles. The van der Waals surface area contributed by atoms with Gasteiger partial charge in [-0.1, -0.05) is 12.1 Å². The number of aromatic nitrogens is 1. The van der Waals surface area contributed by atoms with Gasteiger partial charge >= 0.3 is 0 Å². The third-order valence-electron chi connectivity index (χ3n) is 4.08. The van der Waals surface area contributed by atoms with Gasteiger partial charge in [-0.2, -0.15) is 0 Å². The smallest absolute Gasteiger partial charge is 0.271 e. The van der Waals surface area contributed by atoms with Crippen molar-refractivity contribution < 1.29 is 19.0 Å². The summed E-state index contributed by atoms with van der Waals surface area (Å²) in [7, 11) is 1.64. The molecule has 0 saturated heterocycles. The fourth-order valence-corrected chi connectivity index (χ4v) is 3.40. The number of methoxy groups -OCH3 is 1. The van der Waals surface area contributed by atoms with E-state index in [1.165, 1.54) is 11.3 Å². The second-order valence-electron chi connectivity index (χ2n) is 6.16. The summed E-state index contributed by atoms with van der Waals surface area (Å²) in [4.78, 5) is 16.9. The quantitative estimate of drug-likeness (QED) is 0.506. The van der Waals surface area contributed by atoms with Gasteiger partial charge < -0.3 is 19.5 Å². The number of nitrogens with one attached hydrogen (secondary N) is 1. The van der Waals surface area contributed by atoms with E-state index in [1.54, 1.807) is 12.5 Å². The van der Waals surface area contributed by atoms with Crippen LogP contribution in [0.4, 0.5) is 0 Å². The van der Waals surface area contributed by atoms with Crippen molar-refractivity contribution in [2.24, 2.45) is 0 Å². The standard InChI is InChI=1S/C22H24N2O4S/c1-3-27-18-10-6-17(7-11-18)22-24-20(15-29-22)21(25)23-14-16-4-8-19(9-5-16)28-13-12-26-2/h4-11,15H,3,12-14H2,1-2H3,(H,23,25). The highest BCUT2D eigenvalue weighted by atomic mass is 32.1. The van der Waals surface area contributed by atoms with Crippen LogP contribution in [-0.4, -0.2) is 37.8 Å². The summed E-state index contributed by atoms with van der Waals surface area (Å²) in [5.74, 6) is 1.40. The predicted molar refractivity (Wildman–Crippen MR) is 114 cm³/mol. The SMILES string of the molecule is CCOc1ccc(-c2nc(C(=O)NCc3ccc(OCCOC)cc3)cs2)cc1. The first-order valence-electron chi connectivity index (χ1n) is 9.37. The average Bonchev–Trinajstić information content (AvgIpc) is 3.24. The molecule has 0 aliphatic carbocycles. The average molecular weight is 413 g/mol. The Kier molecular flexibility index (Phi) is 7.61. The van der Waals surface area contributed by atoms with Crippen LogP contribution in [0.15, 0.2) is 53.9 Å². The Morgan fingerprint density at radius 2 is 1.69 bits per heavy atom. The maximum Gasteiger partial charge on any atom is 0.271 e. The van der Waals surface area contributed by atoms with E-state index in [0.29, 0.717) is 32.1 Å². The van der Waals surface area contributed by atoms with Crippen LogP contribution < -0.4 is 14.8 Å². The van der Waals surface area contributed by atoms with Gasteiger partial charge in [0, 0.05) is 24.6 Å². The summed E-state index contributed by atoms with van der Waals surface area (Å²) in [5.41, 5.74) is 2.36. The molecule has 3 rings (SSSR count). The third-order valence-corrected chi connectivity index (χ3v) is 4.97. The number of carbonyl (C=O) groups excluding carboxylic acids is 1. The van der Waals surface area contributed by atoms with Gasteiger partial charge in [0.05, 0.1) is 13.2 Å². The highest BCUT2D eigenvalue weighted by Gasteiger charge is 2.12. The number of carbonyl (C=O) groups is 1. The molecule has 152 valence electrons.